The Morgan fingerprint density at radius 1 is 0.364 bits per heavy atom. The molecule has 0 aliphatic carbocycles. The number of ether oxygens (including phenoxy) is 3. The molecular weight excluding hydrogens is 685 g/mol. The van der Waals surface area contributed by atoms with Crippen molar-refractivity contribution in [1.29, 1.82) is 0 Å². The van der Waals surface area contributed by atoms with E-state index in [9.17, 15) is 14.4 Å². The molecule has 0 saturated carbocycles. The Balaban J connectivity index is 4.17. The van der Waals surface area contributed by atoms with E-state index in [4.69, 9.17) is 14.2 Å². The van der Waals surface area contributed by atoms with Gasteiger partial charge in [0.1, 0.15) is 13.2 Å². The van der Waals surface area contributed by atoms with Crippen LogP contribution in [0.4, 0.5) is 0 Å². The Kier molecular flexibility index (Phi) is 42.3. The lowest BCUT2D eigenvalue weighted by molar-refractivity contribution is -0.167. The molecule has 326 valence electrons. The Hall–Kier alpha value is -1.59. The van der Waals surface area contributed by atoms with Gasteiger partial charge in [-0.1, -0.05) is 233 Å². The molecule has 0 heterocycles. The maximum atomic E-state index is 12.6. The standard InChI is InChI=1S/C49H94O6/c1-5-8-10-12-14-15-16-22-25-29-32-36-40-47(50)53-43-46(55-49(52)42-38-34-27-13-11-9-6-2)44-54-48(51)41-37-33-30-26-23-20-18-17-19-21-24-28-31-35-39-45(4)7-3/h45-46H,5-44H2,1-4H3/t45?,46-/m0/s1. The fourth-order valence-electron chi connectivity index (χ4n) is 7.30. The average Bonchev–Trinajstić information content (AvgIpc) is 3.18. The summed E-state index contributed by atoms with van der Waals surface area (Å²) in [6.07, 6.45) is 43.8. The van der Waals surface area contributed by atoms with Crippen LogP contribution in [0.25, 0.3) is 0 Å². The van der Waals surface area contributed by atoms with Gasteiger partial charge in [-0.2, -0.15) is 0 Å². The number of hydrogen-bond donors (Lipinski definition) is 0. The normalized spacial score (nSPS) is 12.4. The first-order valence-corrected chi connectivity index (χ1v) is 24.4. The zero-order valence-electron chi connectivity index (χ0n) is 37.4. The molecule has 0 spiro atoms. The van der Waals surface area contributed by atoms with Crippen LogP contribution < -0.4 is 0 Å². The molecule has 0 aromatic carbocycles. The van der Waals surface area contributed by atoms with Crippen molar-refractivity contribution in [2.75, 3.05) is 13.2 Å². The van der Waals surface area contributed by atoms with E-state index in [2.05, 4.69) is 27.7 Å². The first-order valence-electron chi connectivity index (χ1n) is 24.4. The molecule has 55 heavy (non-hydrogen) atoms. The van der Waals surface area contributed by atoms with Gasteiger partial charge in [0, 0.05) is 19.3 Å². The molecule has 0 saturated heterocycles. The second kappa shape index (κ2) is 43.5. The van der Waals surface area contributed by atoms with Gasteiger partial charge in [0.15, 0.2) is 6.10 Å². The largest absolute Gasteiger partial charge is 0.462 e. The molecule has 0 aromatic heterocycles. The van der Waals surface area contributed by atoms with Crippen LogP contribution in [0.3, 0.4) is 0 Å². The number of carbonyl (C=O) groups excluding carboxylic acids is 3. The van der Waals surface area contributed by atoms with E-state index in [1.54, 1.807) is 0 Å². The second-order valence-corrected chi connectivity index (χ2v) is 17.0. The quantitative estimate of drug-likeness (QED) is 0.0348. The first kappa shape index (κ1) is 53.4. The highest BCUT2D eigenvalue weighted by Crippen LogP contribution is 2.17. The van der Waals surface area contributed by atoms with Gasteiger partial charge in [-0.05, 0) is 25.2 Å². The van der Waals surface area contributed by atoms with Crippen LogP contribution in [0.15, 0.2) is 0 Å². The maximum Gasteiger partial charge on any atom is 0.306 e. The highest BCUT2D eigenvalue weighted by Gasteiger charge is 2.19. The second-order valence-electron chi connectivity index (χ2n) is 17.0. The van der Waals surface area contributed by atoms with E-state index in [-0.39, 0.29) is 31.1 Å². The summed E-state index contributed by atoms with van der Waals surface area (Å²) in [4.78, 5) is 37.7. The monoisotopic (exact) mass is 779 g/mol. The van der Waals surface area contributed by atoms with Crippen molar-refractivity contribution in [2.45, 2.75) is 278 Å². The van der Waals surface area contributed by atoms with Gasteiger partial charge in [0.25, 0.3) is 0 Å². The summed E-state index contributed by atoms with van der Waals surface area (Å²) in [5, 5.41) is 0. The number of carbonyl (C=O) groups is 3. The summed E-state index contributed by atoms with van der Waals surface area (Å²) in [6.45, 7) is 9.01. The van der Waals surface area contributed by atoms with Gasteiger partial charge in [-0.25, -0.2) is 0 Å². The van der Waals surface area contributed by atoms with Gasteiger partial charge in [0.2, 0.25) is 0 Å². The molecule has 0 bridgehead atoms. The van der Waals surface area contributed by atoms with E-state index in [1.165, 1.54) is 167 Å². The van der Waals surface area contributed by atoms with Crippen molar-refractivity contribution in [3.05, 3.63) is 0 Å². The third kappa shape index (κ3) is 41.9. The first-order chi connectivity index (χ1) is 26.9. The summed E-state index contributed by atoms with van der Waals surface area (Å²) >= 11 is 0. The van der Waals surface area contributed by atoms with Crippen molar-refractivity contribution in [2.24, 2.45) is 5.92 Å². The van der Waals surface area contributed by atoms with Gasteiger partial charge >= 0.3 is 17.9 Å². The average molecular weight is 779 g/mol. The van der Waals surface area contributed by atoms with Gasteiger partial charge in [-0.15, -0.1) is 0 Å². The fraction of sp³-hybridized carbons (Fsp3) is 0.939. The minimum absolute atomic E-state index is 0.0638. The lowest BCUT2D eigenvalue weighted by Crippen LogP contribution is -2.30. The molecule has 0 aliphatic heterocycles. The maximum absolute atomic E-state index is 12.6. The molecule has 6 heteroatoms. The molecule has 6 nitrogen and oxygen atoms in total. The predicted octanol–water partition coefficient (Wildman–Crippen LogP) is 15.5. The van der Waals surface area contributed by atoms with Crippen LogP contribution in [-0.4, -0.2) is 37.2 Å². The third-order valence-corrected chi connectivity index (χ3v) is 11.4. The van der Waals surface area contributed by atoms with E-state index in [1.807, 2.05) is 0 Å². The minimum atomic E-state index is -0.758. The molecular formula is C49H94O6. The smallest absolute Gasteiger partial charge is 0.306 e. The Bertz CT molecular complexity index is 828. The van der Waals surface area contributed by atoms with Crippen LogP contribution in [0, 0.1) is 5.92 Å². The van der Waals surface area contributed by atoms with Crippen LogP contribution in [0.1, 0.15) is 272 Å². The molecule has 0 fully saturated rings. The lowest BCUT2D eigenvalue weighted by Gasteiger charge is -2.18. The van der Waals surface area contributed by atoms with Crippen LogP contribution in [-0.2, 0) is 28.6 Å². The number of unbranched alkanes of at least 4 members (excludes halogenated alkanes) is 30. The molecule has 0 N–H and O–H groups in total. The summed E-state index contributed by atoms with van der Waals surface area (Å²) in [5.41, 5.74) is 0. The molecule has 0 rings (SSSR count). The van der Waals surface area contributed by atoms with Crippen molar-refractivity contribution in [1.82, 2.24) is 0 Å². The van der Waals surface area contributed by atoms with Crippen molar-refractivity contribution in [3.8, 4) is 0 Å². The zero-order chi connectivity index (χ0) is 40.3. The predicted molar refractivity (Wildman–Crippen MR) is 233 cm³/mol. The highest BCUT2D eigenvalue weighted by molar-refractivity contribution is 5.71. The summed E-state index contributed by atoms with van der Waals surface area (Å²) in [6, 6.07) is 0. The number of hydrogen-bond acceptors (Lipinski definition) is 6. The lowest BCUT2D eigenvalue weighted by atomic mass is 9.99. The van der Waals surface area contributed by atoms with Gasteiger partial charge in [-0.3, -0.25) is 14.4 Å². The van der Waals surface area contributed by atoms with Crippen LogP contribution in [0.5, 0.6) is 0 Å². The van der Waals surface area contributed by atoms with E-state index in [0.717, 1.165) is 63.7 Å². The van der Waals surface area contributed by atoms with Crippen molar-refractivity contribution < 1.29 is 28.6 Å². The van der Waals surface area contributed by atoms with E-state index in [0.29, 0.717) is 19.3 Å². The number of esters is 3. The third-order valence-electron chi connectivity index (χ3n) is 11.4. The molecule has 0 radical (unpaired) electrons. The van der Waals surface area contributed by atoms with Crippen molar-refractivity contribution in [3.63, 3.8) is 0 Å². The summed E-state index contributed by atoms with van der Waals surface area (Å²) in [7, 11) is 0. The van der Waals surface area contributed by atoms with Crippen molar-refractivity contribution >= 4 is 17.9 Å². The SMILES string of the molecule is CCCCCCCCCCCCCCC(=O)OC[C@@H](COC(=O)CCCCCCCCCCCCCCCCC(C)CC)OC(=O)CCCCCCCCC. The summed E-state index contributed by atoms with van der Waals surface area (Å²) < 4.78 is 16.7. The minimum Gasteiger partial charge on any atom is -0.462 e. The Morgan fingerprint density at radius 3 is 0.945 bits per heavy atom. The van der Waals surface area contributed by atoms with E-state index >= 15 is 0 Å². The zero-order valence-corrected chi connectivity index (χ0v) is 37.4. The van der Waals surface area contributed by atoms with E-state index < -0.39 is 6.10 Å². The van der Waals surface area contributed by atoms with Crippen LogP contribution in [0.2, 0.25) is 0 Å². The Labute approximate surface area is 342 Å². The molecule has 0 aliphatic rings. The number of rotatable bonds is 44. The topological polar surface area (TPSA) is 78.9 Å². The van der Waals surface area contributed by atoms with Crippen LogP contribution >= 0.6 is 0 Å². The fourth-order valence-corrected chi connectivity index (χ4v) is 7.30. The van der Waals surface area contributed by atoms with Gasteiger partial charge in [0.05, 0.1) is 0 Å². The summed E-state index contributed by atoms with van der Waals surface area (Å²) in [5.74, 6) is 0.0397. The highest BCUT2D eigenvalue weighted by atomic mass is 16.6. The van der Waals surface area contributed by atoms with Gasteiger partial charge < -0.3 is 14.2 Å². The molecule has 0 amide bonds. The molecule has 2 atom stereocenters. The molecule has 1 unspecified atom stereocenters. The Morgan fingerprint density at radius 2 is 0.636 bits per heavy atom. The molecule has 0 aromatic rings.